The first-order chi connectivity index (χ1) is 20.7. The van der Waals surface area contributed by atoms with Gasteiger partial charge in [0.15, 0.2) is 0 Å². The number of rotatable bonds is 7. The van der Waals surface area contributed by atoms with Crippen molar-refractivity contribution in [1.29, 1.82) is 10.5 Å². The van der Waals surface area contributed by atoms with Crippen LogP contribution >= 0.6 is 0 Å². The number of benzene rings is 2. The molecule has 1 atom stereocenters. The van der Waals surface area contributed by atoms with Crippen LogP contribution in [0.3, 0.4) is 0 Å². The van der Waals surface area contributed by atoms with Crippen molar-refractivity contribution in [3.05, 3.63) is 125 Å². The smallest absolute Gasteiger partial charge is 0.332 e. The van der Waals surface area contributed by atoms with Gasteiger partial charge in [-0.25, -0.2) is 9.59 Å². The molecule has 12 heteroatoms. The Balaban J connectivity index is 1.49. The van der Waals surface area contributed by atoms with Gasteiger partial charge in [-0.2, -0.15) is 10.5 Å². The summed E-state index contributed by atoms with van der Waals surface area (Å²) in [7, 11) is 2.82. The van der Waals surface area contributed by atoms with E-state index in [2.05, 4.69) is 17.5 Å². The number of hydrogen-bond donors (Lipinski definition) is 1. The third kappa shape index (κ3) is 5.76. The number of nitrogens with one attached hydrogen (secondary N) is 1. The Morgan fingerprint density at radius 1 is 0.791 bits per heavy atom. The van der Waals surface area contributed by atoms with Crippen LogP contribution in [0.25, 0.3) is 0 Å². The third-order valence-electron chi connectivity index (χ3n) is 7.81. The van der Waals surface area contributed by atoms with E-state index in [1.807, 2.05) is 4.90 Å². The molecule has 43 heavy (non-hydrogen) atoms. The zero-order valence-corrected chi connectivity index (χ0v) is 23.9. The molecule has 0 amide bonds. The molecule has 1 aliphatic heterocycles. The fraction of sp³-hybridized carbons (Fsp3) is 0.290. The molecule has 1 saturated heterocycles. The predicted octanol–water partition coefficient (Wildman–Crippen LogP) is 1.33. The zero-order chi connectivity index (χ0) is 30.7. The molecule has 0 spiro atoms. The minimum Gasteiger partial charge on any atom is -0.367 e. The molecule has 2 aromatic heterocycles. The van der Waals surface area contributed by atoms with Gasteiger partial charge < -0.3 is 10.2 Å². The van der Waals surface area contributed by atoms with E-state index in [-0.39, 0.29) is 19.1 Å². The van der Waals surface area contributed by atoms with E-state index < -0.39 is 22.5 Å². The van der Waals surface area contributed by atoms with Crippen LogP contribution in [0.15, 0.2) is 79.8 Å². The second-order valence-electron chi connectivity index (χ2n) is 10.5. The van der Waals surface area contributed by atoms with Gasteiger partial charge in [0, 0.05) is 45.4 Å². The maximum absolute atomic E-state index is 13.3. The number of nitriles is 2. The summed E-state index contributed by atoms with van der Waals surface area (Å²) in [6.45, 7) is 1.14. The Morgan fingerprint density at radius 2 is 1.33 bits per heavy atom. The monoisotopic (exact) mass is 578 g/mol. The van der Waals surface area contributed by atoms with Crippen LogP contribution < -0.4 is 32.7 Å². The molecule has 4 aromatic rings. The summed E-state index contributed by atoms with van der Waals surface area (Å²) in [5, 5.41) is 22.5. The average Bonchev–Trinajstić information content (AvgIpc) is 3.02. The molecule has 1 N–H and O–H groups in total. The van der Waals surface area contributed by atoms with Crippen molar-refractivity contribution < 1.29 is 0 Å². The highest BCUT2D eigenvalue weighted by atomic mass is 16.2. The molecular formula is C31H30N8O4. The lowest BCUT2D eigenvalue weighted by Gasteiger charge is -2.36. The van der Waals surface area contributed by atoms with Crippen LogP contribution in [0.1, 0.15) is 35.1 Å². The van der Waals surface area contributed by atoms with Crippen molar-refractivity contribution in [2.24, 2.45) is 14.1 Å². The lowest BCUT2D eigenvalue weighted by molar-refractivity contribution is 0.506. The molecule has 0 radical (unpaired) electrons. The highest BCUT2D eigenvalue weighted by Crippen LogP contribution is 2.22. The predicted molar refractivity (Wildman–Crippen MR) is 161 cm³/mol. The van der Waals surface area contributed by atoms with Crippen molar-refractivity contribution in [1.82, 2.24) is 18.3 Å². The van der Waals surface area contributed by atoms with E-state index in [9.17, 15) is 29.7 Å². The summed E-state index contributed by atoms with van der Waals surface area (Å²) in [6.07, 6.45) is 1.42. The van der Waals surface area contributed by atoms with E-state index in [1.165, 1.54) is 35.4 Å². The van der Waals surface area contributed by atoms with Gasteiger partial charge in [-0.3, -0.25) is 27.9 Å². The first-order valence-electron chi connectivity index (χ1n) is 13.8. The number of aromatic nitrogens is 4. The van der Waals surface area contributed by atoms with Gasteiger partial charge in [0.25, 0.3) is 11.1 Å². The van der Waals surface area contributed by atoms with E-state index in [4.69, 9.17) is 0 Å². The zero-order valence-electron chi connectivity index (χ0n) is 23.9. The number of anilines is 2. The quantitative estimate of drug-likeness (QED) is 0.345. The minimum absolute atomic E-state index is 0.0853. The highest BCUT2D eigenvalue weighted by Gasteiger charge is 2.25. The molecular weight excluding hydrogens is 548 g/mol. The normalized spacial score (nSPS) is 14.6. The van der Waals surface area contributed by atoms with Crippen LogP contribution in [0.5, 0.6) is 0 Å². The maximum atomic E-state index is 13.3. The Labute approximate surface area is 246 Å². The van der Waals surface area contributed by atoms with Gasteiger partial charge in [0.05, 0.1) is 36.4 Å². The van der Waals surface area contributed by atoms with Gasteiger partial charge in [0.2, 0.25) is 0 Å². The second kappa shape index (κ2) is 12.1. The lowest BCUT2D eigenvalue weighted by Crippen LogP contribution is -2.48. The molecule has 218 valence electrons. The SMILES string of the molecule is Cn1c(=O)cc(N[C@@H]2CCCN(c3cc(=O)n(C)c(=O)n3Cc3ccccc3C#N)C2)n(Cc2ccccc2C#N)c1=O. The average molecular weight is 579 g/mol. The number of nitrogens with zero attached hydrogens (tertiary/aromatic N) is 7. The van der Waals surface area contributed by atoms with Crippen LogP contribution in [0, 0.1) is 22.7 Å². The summed E-state index contributed by atoms with van der Waals surface area (Å²) in [5.41, 5.74) is 0.224. The summed E-state index contributed by atoms with van der Waals surface area (Å²) < 4.78 is 4.98. The van der Waals surface area contributed by atoms with Crippen molar-refractivity contribution in [3.8, 4) is 12.1 Å². The van der Waals surface area contributed by atoms with Crippen molar-refractivity contribution in [2.45, 2.75) is 32.0 Å². The minimum atomic E-state index is -0.521. The molecule has 0 saturated carbocycles. The molecule has 0 aliphatic carbocycles. The van der Waals surface area contributed by atoms with Gasteiger partial charge in [-0.1, -0.05) is 36.4 Å². The van der Waals surface area contributed by atoms with E-state index >= 15 is 0 Å². The molecule has 0 bridgehead atoms. The molecule has 5 rings (SSSR count). The highest BCUT2D eigenvalue weighted by molar-refractivity contribution is 5.45. The molecule has 12 nitrogen and oxygen atoms in total. The Kier molecular flexibility index (Phi) is 8.12. The van der Waals surface area contributed by atoms with E-state index in [1.54, 1.807) is 48.5 Å². The standard InChI is InChI=1S/C31H30N8O4/c1-35-28(40)14-26(38(30(35)42)18-23-10-5-3-8-21(23)16-32)34-25-12-7-13-37(20-25)27-15-29(41)36(2)31(43)39(27)19-24-11-6-4-9-22(24)17-33/h3-6,8-11,14-15,25,34H,7,12-13,18-20H2,1-2H3/t25-/m1/s1. The fourth-order valence-electron chi connectivity index (χ4n) is 5.40. The lowest BCUT2D eigenvalue weighted by atomic mass is 10.1. The third-order valence-corrected chi connectivity index (χ3v) is 7.81. The topological polar surface area (TPSA) is 151 Å². The summed E-state index contributed by atoms with van der Waals surface area (Å²) in [6, 6.07) is 20.8. The van der Waals surface area contributed by atoms with E-state index in [0.717, 1.165) is 9.13 Å². The summed E-state index contributed by atoms with van der Waals surface area (Å²) in [4.78, 5) is 53.8. The van der Waals surface area contributed by atoms with Crippen molar-refractivity contribution >= 4 is 11.6 Å². The van der Waals surface area contributed by atoms with Crippen molar-refractivity contribution in [2.75, 3.05) is 23.3 Å². The van der Waals surface area contributed by atoms with Crippen LogP contribution in [-0.4, -0.2) is 37.4 Å². The molecule has 0 unspecified atom stereocenters. The second-order valence-corrected chi connectivity index (χ2v) is 10.5. The molecule has 1 aliphatic rings. The molecule has 1 fully saturated rings. The number of piperidine rings is 1. The first-order valence-corrected chi connectivity index (χ1v) is 13.8. The van der Waals surface area contributed by atoms with Gasteiger partial charge in [-0.05, 0) is 36.1 Å². The molecule has 2 aromatic carbocycles. The van der Waals surface area contributed by atoms with Crippen LogP contribution in [0.4, 0.5) is 11.6 Å². The fourth-order valence-corrected chi connectivity index (χ4v) is 5.40. The van der Waals surface area contributed by atoms with Gasteiger partial charge in [0.1, 0.15) is 11.6 Å². The van der Waals surface area contributed by atoms with Crippen LogP contribution in [-0.2, 0) is 27.2 Å². The summed E-state index contributed by atoms with van der Waals surface area (Å²) >= 11 is 0. The van der Waals surface area contributed by atoms with Crippen molar-refractivity contribution in [3.63, 3.8) is 0 Å². The Morgan fingerprint density at radius 3 is 1.93 bits per heavy atom. The van der Waals surface area contributed by atoms with Crippen LogP contribution in [0.2, 0.25) is 0 Å². The summed E-state index contributed by atoms with van der Waals surface area (Å²) in [5.74, 6) is 0.744. The van der Waals surface area contributed by atoms with Gasteiger partial charge >= 0.3 is 11.4 Å². The Bertz CT molecular complexity index is 2020. The molecule has 3 heterocycles. The van der Waals surface area contributed by atoms with Gasteiger partial charge in [-0.15, -0.1) is 0 Å². The largest absolute Gasteiger partial charge is 0.367 e. The first kappa shape index (κ1) is 28.9. The number of hydrogen-bond acceptors (Lipinski definition) is 8. The maximum Gasteiger partial charge on any atom is 0.332 e. The Hall–Kier alpha value is -5.62. The van der Waals surface area contributed by atoms with E-state index in [0.29, 0.717) is 59.8 Å².